The lowest BCUT2D eigenvalue weighted by molar-refractivity contribution is -0.141. The third-order valence-electron chi connectivity index (χ3n) is 7.43. The van der Waals surface area contributed by atoms with E-state index >= 15 is 0 Å². The average Bonchev–Trinajstić information content (AvgIpc) is 3.22. The van der Waals surface area contributed by atoms with Crippen LogP contribution in [0.1, 0.15) is 40.9 Å². The zero-order valence-electron chi connectivity index (χ0n) is 21.8. The van der Waals surface area contributed by atoms with Crippen LogP contribution in [0.3, 0.4) is 0 Å². The number of carbonyl (C=O) groups excluding carboxylic acids is 2. The van der Waals surface area contributed by atoms with Crippen molar-refractivity contribution in [2.24, 2.45) is 5.92 Å². The van der Waals surface area contributed by atoms with E-state index < -0.39 is 32.8 Å². The van der Waals surface area contributed by atoms with E-state index in [0.29, 0.717) is 44.0 Å². The quantitative estimate of drug-likeness (QED) is 0.350. The number of Topliss-reactive ketones (excluding diaryl/α,β-unsaturated/α-hetero) is 1. The second kappa shape index (κ2) is 10.9. The van der Waals surface area contributed by atoms with E-state index in [-0.39, 0.29) is 31.2 Å². The lowest BCUT2D eigenvalue weighted by Crippen LogP contribution is -2.43. The number of rotatable bonds is 9. The predicted octanol–water partition coefficient (Wildman–Crippen LogP) is 4.46. The summed E-state index contributed by atoms with van der Waals surface area (Å²) in [5.74, 6) is -0.889. The fraction of sp³-hybridized carbons (Fsp3) is 0.393. The first-order chi connectivity index (χ1) is 19.0. The summed E-state index contributed by atoms with van der Waals surface area (Å²) in [4.78, 5) is 31.5. The summed E-state index contributed by atoms with van der Waals surface area (Å²) in [5.41, 5.74) is 0.798. The molecule has 0 N–H and O–H groups in total. The van der Waals surface area contributed by atoms with Crippen molar-refractivity contribution in [2.75, 3.05) is 38.3 Å². The molecule has 3 heterocycles. The van der Waals surface area contributed by atoms with Crippen LogP contribution >= 0.6 is 0 Å². The Balaban J connectivity index is 1.36. The van der Waals surface area contributed by atoms with Gasteiger partial charge in [-0.2, -0.15) is 17.5 Å². The fourth-order valence-electron chi connectivity index (χ4n) is 5.45. The maximum Gasteiger partial charge on any atom is 0.433 e. The Morgan fingerprint density at radius 3 is 2.65 bits per heavy atom. The molecule has 0 spiro atoms. The topological polar surface area (TPSA) is 96.9 Å². The highest BCUT2D eigenvalue weighted by molar-refractivity contribution is 7.89. The van der Waals surface area contributed by atoms with Crippen LogP contribution in [0.4, 0.5) is 18.9 Å². The molecule has 1 saturated heterocycles. The van der Waals surface area contributed by atoms with Gasteiger partial charge in [-0.3, -0.25) is 9.59 Å². The standard InChI is InChI=1S/C28H28F3N3O5S/c1-39-15-5-14-34-22-12-11-18(20-7-2-8-21(26(20)22)27(34)36)16-23(35)19-6-4-13-33(17-19)40(37,38)25-10-3-9-24(32-25)28(29,30)31/h2-3,7-12,19H,4-6,13-17H2,1H3. The van der Waals surface area contributed by atoms with Gasteiger partial charge in [0.25, 0.3) is 15.9 Å². The number of ether oxygens (including phenoxy) is 1. The number of halogens is 3. The molecule has 2 aliphatic rings. The number of benzene rings is 2. The highest BCUT2D eigenvalue weighted by Gasteiger charge is 2.37. The monoisotopic (exact) mass is 575 g/mol. The fourth-order valence-corrected chi connectivity index (χ4v) is 6.93. The van der Waals surface area contributed by atoms with Crippen molar-refractivity contribution in [3.63, 3.8) is 0 Å². The third-order valence-corrected chi connectivity index (χ3v) is 9.20. The van der Waals surface area contributed by atoms with E-state index in [2.05, 4.69) is 4.98 Å². The maximum atomic E-state index is 13.4. The summed E-state index contributed by atoms with van der Waals surface area (Å²) >= 11 is 0. The van der Waals surface area contributed by atoms with Gasteiger partial charge in [0.15, 0.2) is 5.03 Å². The SMILES string of the molecule is COCCCN1C(=O)c2cccc3c(CC(=O)C4CCCN(S(=O)(=O)c5cccc(C(F)(F)F)n5)C4)ccc1c23. The smallest absolute Gasteiger partial charge is 0.385 e. The number of amides is 1. The van der Waals surface area contributed by atoms with Gasteiger partial charge < -0.3 is 9.64 Å². The number of anilines is 1. The molecule has 0 aliphatic carbocycles. The molecule has 1 unspecified atom stereocenters. The van der Waals surface area contributed by atoms with Gasteiger partial charge >= 0.3 is 6.18 Å². The summed E-state index contributed by atoms with van der Waals surface area (Å²) < 4.78 is 71.8. The van der Waals surface area contributed by atoms with E-state index in [1.165, 1.54) is 0 Å². The normalized spacial score (nSPS) is 18.1. The zero-order chi connectivity index (χ0) is 28.7. The number of nitrogens with zero attached hydrogens (tertiary/aromatic N) is 3. The molecular weight excluding hydrogens is 547 g/mol. The van der Waals surface area contributed by atoms with E-state index in [9.17, 15) is 31.2 Å². The van der Waals surface area contributed by atoms with Crippen molar-refractivity contribution in [3.05, 3.63) is 65.4 Å². The van der Waals surface area contributed by atoms with Crippen LogP contribution in [0.25, 0.3) is 10.8 Å². The maximum absolute atomic E-state index is 13.4. The van der Waals surface area contributed by atoms with Crippen molar-refractivity contribution >= 4 is 38.2 Å². The Morgan fingerprint density at radius 2 is 1.90 bits per heavy atom. The first-order valence-electron chi connectivity index (χ1n) is 12.9. The van der Waals surface area contributed by atoms with Gasteiger partial charge in [0.05, 0.1) is 5.69 Å². The van der Waals surface area contributed by atoms with E-state index in [0.717, 1.165) is 38.5 Å². The lowest BCUT2D eigenvalue weighted by atomic mass is 9.89. The molecule has 3 aromatic rings. The third kappa shape index (κ3) is 5.23. The summed E-state index contributed by atoms with van der Waals surface area (Å²) in [6.07, 6.45) is -3.21. The molecule has 0 saturated carbocycles. The van der Waals surface area contributed by atoms with Gasteiger partial charge in [-0.05, 0) is 54.5 Å². The van der Waals surface area contributed by atoms with Gasteiger partial charge in [0, 0.05) is 56.6 Å². The molecule has 8 nitrogen and oxygen atoms in total. The summed E-state index contributed by atoms with van der Waals surface area (Å²) in [5, 5.41) is 0.890. The largest absolute Gasteiger partial charge is 0.433 e. The molecular formula is C28H28F3N3O5S. The van der Waals surface area contributed by atoms with Gasteiger partial charge in [0.1, 0.15) is 11.5 Å². The van der Waals surface area contributed by atoms with E-state index in [1.807, 2.05) is 18.2 Å². The van der Waals surface area contributed by atoms with Crippen molar-refractivity contribution in [3.8, 4) is 0 Å². The minimum Gasteiger partial charge on any atom is -0.385 e. The Kier molecular flexibility index (Phi) is 7.68. The predicted molar refractivity (Wildman–Crippen MR) is 142 cm³/mol. The van der Waals surface area contributed by atoms with Gasteiger partial charge in [-0.15, -0.1) is 0 Å². The second-order valence-electron chi connectivity index (χ2n) is 9.98. The number of hydrogen-bond acceptors (Lipinski definition) is 6. The first kappa shape index (κ1) is 28.2. The Morgan fingerprint density at radius 1 is 1.12 bits per heavy atom. The van der Waals surface area contributed by atoms with Crippen LogP contribution in [0.15, 0.2) is 53.6 Å². The van der Waals surface area contributed by atoms with Crippen LogP contribution in [-0.4, -0.2) is 62.7 Å². The molecule has 5 rings (SSSR count). The average molecular weight is 576 g/mol. The lowest BCUT2D eigenvalue weighted by Gasteiger charge is -2.31. The number of sulfonamides is 1. The molecule has 2 aromatic carbocycles. The van der Waals surface area contributed by atoms with Gasteiger partial charge in [0.2, 0.25) is 0 Å². The zero-order valence-corrected chi connectivity index (χ0v) is 22.6. The molecule has 1 atom stereocenters. The van der Waals surface area contributed by atoms with Crippen LogP contribution in [0.2, 0.25) is 0 Å². The number of pyridine rings is 1. The number of carbonyl (C=O) groups is 2. The molecule has 0 radical (unpaired) electrons. The van der Waals surface area contributed by atoms with Gasteiger partial charge in [-0.1, -0.05) is 24.3 Å². The number of ketones is 1. The summed E-state index contributed by atoms with van der Waals surface area (Å²) in [6.45, 7) is 0.980. The van der Waals surface area contributed by atoms with Crippen LogP contribution in [-0.2, 0) is 32.2 Å². The van der Waals surface area contributed by atoms with Crippen LogP contribution in [0.5, 0.6) is 0 Å². The first-order valence-corrected chi connectivity index (χ1v) is 14.4. The second-order valence-corrected chi connectivity index (χ2v) is 11.9. The number of piperidine rings is 1. The van der Waals surface area contributed by atoms with E-state index in [1.54, 1.807) is 24.1 Å². The molecule has 1 aromatic heterocycles. The van der Waals surface area contributed by atoms with Crippen molar-refractivity contribution in [2.45, 2.75) is 36.9 Å². The highest BCUT2D eigenvalue weighted by Crippen LogP contribution is 2.39. The molecule has 40 heavy (non-hydrogen) atoms. The summed E-state index contributed by atoms with van der Waals surface area (Å²) in [7, 11) is -2.72. The molecule has 2 aliphatic heterocycles. The van der Waals surface area contributed by atoms with Crippen LogP contribution < -0.4 is 4.90 Å². The Bertz CT molecular complexity index is 1580. The Labute approximate surface area is 229 Å². The minimum absolute atomic E-state index is 0.0401. The number of alkyl halides is 3. The molecule has 1 amide bonds. The summed E-state index contributed by atoms with van der Waals surface area (Å²) in [6, 6.07) is 11.8. The molecule has 1 fully saturated rings. The Hall–Kier alpha value is -3.35. The van der Waals surface area contributed by atoms with Crippen LogP contribution in [0, 0.1) is 5.92 Å². The molecule has 0 bridgehead atoms. The highest BCUT2D eigenvalue weighted by atomic mass is 32.2. The van der Waals surface area contributed by atoms with Gasteiger partial charge in [-0.25, -0.2) is 13.4 Å². The van der Waals surface area contributed by atoms with Crippen molar-refractivity contribution in [1.82, 2.24) is 9.29 Å². The molecule has 12 heteroatoms. The number of hydrogen-bond donors (Lipinski definition) is 0. The number of aromatic nitrogens is 1. The van der Waals surface area contributed by atoms with Crippen molar-refractivity contribution < 1.29 is 35.9 Å². The molecule has 212 valence electrons. The minimum atomic E-state index is -4.78. The van der Waals surface area contributed by atoms with E-state index in [4.69, 9.17) is 4.74 Å². The van der Waals surface area contributed by atoms with Crippen molar-refractivity contribution in [1.29, 1.82) is 0 Å². The number of methoxy groups -OCH3 is 1.